The van der Waals surface area contributed by atoms with Crippen molar-refractivity contribution < 1.29 is 9.90 Å². The molecule has 3 heteroatoms. The summed E-state index contributed by atoms with van der Waals surface area (Å²) in [6.45, 7) is 3.91. The van der Waals surface area contributed by atoms with E-state index in [1.54, 1.807) is 25.1 Å². The molecule has 1 aromatic carbocycles. The van der Waals surface area contributed by atoms with Crippen molar-refractivity contribution in [2.75, 3.05) is 0 Å². The summed E-state index contributed by atoms with van der Waals surface area (Å²) in [5, 5.41) is 9.44. The number of aromatic hydroxyl groups is 1. The summed E-state index contributed by atoms with van der Waals surface area (Å²) >= 11 is 0. The molecule has 0 aliphatic carbocycles. The van der Waals surface area contributed by atoms with E-state index in [1.807, 2.05) is 0 Å². The number of benzene rings is 1. The number of primary amides is 1. The molecule has 0 saturated carbocycles. The average molecular weight is 221 g/mol. The van der Waals surface area contributed by atoms with E-state index in [0.717, 1.165) is 30.4 Å². The maximum Gasteiger partial charge on any atom is 0.224 e. The Labute approximate surface area is 96.3 Å². The molecule has 0 spiro atoms. The first-order chi connectivity index (χ1) is 7.56. The number of rotatable bonds is 5. The van der Waals surface area contributed by atoms with Crippen molar-refractivity contribution in [2.45, 2.75) is 39.0 Å². The van der Waals surface area contributed by atoms with Gasteiger partial charge in [-0.05, 0) is 43.0 Å². The molecule has 1 rings (SSSR count). The molecule has 16 heavy (non-hydrogen) atoms. The van der Waals surface area contributed by atoms with Crippen LogP contribution in [0, 0.1) is 0 Å². The minimum absolute atomic E-state index is 0.242. The predicted molar refractivity (Wildman–Crippen MR) is 64.3 cm³/mol. The van der Waals surface area contributed by atoms with Crippen molar-refractivity contribution in [2.24, 2.45) is 5.73 Å². The van der Waals surface area contributed by atoms with Gasteiger partial charge < -0.3 is 10.8 Å². The third-order valence-corrected chi connectivity index (χ3v) is 2.82. The highest BCUT2D eigenvalue weighted by Gasteiger charge is 2.15. The van der Waals surface area contributed by atoms with Gasteiger partial charge in [-0.2, -0.15) is 0 Å². The number of unbranched alkanes of at least 4 members (excludes halogenated alkanes) is 1. The second-order valence-electron chi connectivity index (χ2n) is 4.11. The zero-order valence-corrected chi connectivity index (χ0v) is 9.86. The number of carbonyl (C=O) groups is 1. The minimum Gasteiger partial charge on any atom is -0.508 e. The van der Waals surface area contributed by atoms with Crippen molar-refractivity contribution in [3.8, 4) is 5.75 Å². The van der Waals surface area contributed by atoms with E-state index in [9.17, 15) is 9.90 Å². The van der Waals surface area contributed by atoms with Gasteiger partial charge in [0.25, 0.3) is 0 Å². The van der Waals surface area contributed by atoms with E-state index in [-0.39, 0.29) is 17.6 Å². The first-order valence-electron chi connectivity index (χ1n) is 5.67. The van der Waals surface area contributed by atoms with Gasteiger partial charge in [0.15, 0.2) is 0 Å². The van der Waals surface area contributed by atoms with Crippen LogP contribution in [0.5, 0.6) is 5.75 Å². The van der Waals surface area contributed by atoms with Gasteiger partial charge in [-0.1, -0.05) is 19.4 Å². The lowest BCUT2D eigenvalue weighted by Crippen LogP contribution is -2.19. The SMILES string of the molecule is CCCCc1cc(O)ccc1C(C)C(N)=O. The lowest BCUT2D eigenvalue weighted by molar-refractivity contribution is -0.119. The van der Waals surface area contributed by atoms with Crippen molar-refractivity contribution in [1.82, 2.24) is 0 Å². The molecule has 0 aliphatic heterocycles. The maximum absolute atomic E-state index is 11.2. The van der Waals surface area contributed by atoms with Crippen LogP contribution in [0.4, 0.5) is 0 Å². The number of aryl methyl sites for hydroxylation is 1. The molecular formula is C13H19NO2. The molecule has 1 unspecified atom stereocenters. The van der Waals surface area contributed by atoms with Gasteiger partial charge >= 0.3 is 0 Å². The maximum atomic E-state index is 11.2. The predicted octanol–water partition coefficient (Wildman–Crippen LogP) is 2.32. The Morgan fingerprint density at radius 1 is 1.50 bits per heavy atom. The van der Waals surface area contributed by atoms with Crippen molar-refractivity contribution in [3.63, 3.8) is 0 Å². The van der Waals surface area contributed by atoms with Crippen LogP contribution in [0.3, 0.4) is 0 Å². The fourth-order valence-electron chi connectivity index (χ4n) is 1.75. The summed E-state index contributed by atoms with van der Waals surface area (Å²) in [7, 11) is 0. The zero-order chi connectivity index (χ0) is 12.1. The summed E-state index contributed by atoms with van der Waals surface area (Å²) in [6, 6.07) is 5.12. The molecule has 1 atom stereocenters. The van der Waals surface area contributed by atoms with Gasteiger partial charge in [0, 0.05) is 0 Å². The Hall–Kier alpha value is -1.51. The molecule has 0 bridgehead atoms. The van der Waals surface area contributed by atoms with Crippen molar-refractivity contribution in [1.29, 1.82) is 0 Å². The molecule has 0 heterocycles. The molecule has 3 N–H and O–H groups in total. The van der Waals surface area contributed by atoms with Crippen LogP contribution in [0.2, 0.25) is 0 Å². The van der Waals surface area contributed by atoms with E-state index in [2.05, 4.69) is 6.92 Å². The topological polar surface area (TPSA) is 63.3 Å². The van der Waals surface area contributed by atoms with Crippen LogP contribution in [-0.4, -0.2) is 11.0 Å². The third-order valence-electron chi connectivity index (χ3n) is 2.82. The Morgan fingerprint density at radius 2 is 2.19 bits per heavy atom. The normalized spacial score (nSPS) is 12.4. The highest BCUT2D eigenvalue weighted by molar-refractivity contribution is 5.81. The molecule has 88 valence electrons. The lowest BCUT2D eigenvalue weighted by atomic mass is 9.92. The number of amides is 1. The summed E-state index contributed by atoms with van der Waals surface area (Å²) in [4.78, 5) is 11.2. The average Bonchev–Trinajstić information content (AvgIpc) is 2.25. The minimum atomic E-state index is -0.330. The van der Waals surface area contributed by atoms with Gasteiger partial charge in [-0.15, -0.1) is 0 Å². The smallest absolute Gasteiger partial charge is 0.224 e. The second kappa shape index (κ2) is 5.54. The van der Waals surface area contributed by atoms with Crippen LogP contribution < -0.4 is 5.73 Å². The van der Waals surface area contributed by atoms with Gasteiger partial charge in [0.2, 0.25) is 5.91 Å². The molecule has 1 amide bonds. The molecular weight excluding hydrogens is 202 g/mol. The Bertz CT molecular complexity index is 374. The van der Waals surface area contributed by atoms with Crippen LogP contribution >= 0.6 is 0 Å². The first kappa shape index (κ1) is 12.6. The number of phenolic OH excluding ortho intramolecular Hbond substituents is 1. The molecule has 0 fully saturated rings. The quantitative estimate of drug-likeness (QED) is 0.801. The summed E-state index contributed by atoms with van der Waals surface area (Å²) < 4.78 is 0. The van der Waals surface area contributed by atoms with Crippen molar-refractivity contribution >= 4 is 5.91 Å². The number of nitrogens with two attached hydrogens (primary N) is 1. The monoisotopic (exact) mass is 221 g/mol. The Kier molecular flexibility index (Phi) is 4.35. The fraction of sp³-hybridized carbons (Fsp3) is 0.462. The molecule has 3 nitrogen and oxygen atoms in total. The van der Waals surface area contributed by atoms with E-state index < -0.39 is 0 Å². The van der Waals surface area contributed by atoms with E-state index >= 15 is 0 Å². The number of phenols is 1. The summed E-state index contributed by atoms with van der Waals surface area (Å²) in [5.41, 5.74) is 7.25. The standard InChI is InChI=1S/C13H19NO2/c1-3-4-5-10-8-11(15)6-7-12(10)9(2)13(14)16/h6-9,15H,3-5H2,1-2H3,(H2,14,16). The fourth-order valence-corrected chi connectivity index (χ4v) is 1.75. The van der Waals surface area contributed by atoms with E-state index in [0.29, 0.717) is 0 Å². The lowest BCUT2D eigenvalue weighted by Gasteiger charge is -2.14. The van der Waals surface area contributed by atoms with Crippen LogP contribution in [-0.2, 0) is 11.2 Å². The molecule has 0 saturated heterocycles. The second-order valence-corrected chi connectivity index (χ2v) is 4.11. The summed E-state index contributed by atoms with van der Waals surface area (Å²) in [5.74, 6) is -0.387. The zero-order valence-electron chi connectivity index (χ0n) is 9.86. The highest BCUT2D eigenvalue weighted by atomic mass is 16.3. The molecule has 0 aliphatic rings. The Morgan fingerprint density at radius 3 is 2.75 bits per heavy atom. The van der Waals surface area contributed by atoms with Crippen molar-refractivity contribution in [3.05, 3.63) is 29.3 Å². The number of hydrogen-bond donors (Lipinski definition) is 2. The largest absolute Gasteiger partial charge is 0.508 e. The van der Waals surface area contributed by atoms with Crippen LogP contribution in [0.15, 0.2) is 18.2 Å². The van der Waals surface area contributed by atoms with E-state index in [4.69, 9.17) is 5.73 Å². The molecule has 0 radical (unpaired) electrons. The first-order valence-corrected chi connectivity index (χ1v) is 5.67. The molecule has 1 aromatic rings. The number of hydrogen-bond acceptors (Lipinski definition) is 2. The Balaban J connectivity index is 3.01. The van der Waals surface area contributed by atoms with Gasteiger partial charge in [-0.25, -0.2) is 0 Å². The molecule has 0 aromatic heterocycles. The van der Waals surface area contributed by atoms with Gasteiger partial charge in [0.05, 0.1) is 5.92 Å². The summed E-state index contributed by atoms with van der Waals surface area (Å²) in [6.07, 6.45) is 3.00. The van der Waals surface area contributed by atoms with Gasteiger partial charge in [-0.3, -0.25) is 4.79 Å². The number of carbonyl (C=O) groups excluding carboxylic acids is 1. The highest BCUT2D eigenvalue weighted by Crippen LogP contribution is 2.25. The van der Waals surface area contributed by atoms with Crippen LogP contribution in [0.1, 0.15) is 43.7 Å². The van der Waals surface area contributed by atoms with E-state index in [1.165, 1.54) is 0 Å². The third kappa shape index (κ3) is 2.99. The van der Waals surface area contributed by atoms with Crippen LogP contribution in [0.25, 0.3) is 0 Å². The van der Waals surface area contributed by atoms with Gasteiger partial charge in [0.1, 0.15) is 5.75 Å².